The van der Waals surface area contributed by atoms with Gasteiger partial charge in [0.2, 0.25) is 5.88 Å². The first-order valence-corrected chi connectivity index (χ1v) is 22.9. The minimum absolute atomic E-state index is 0.0233. The van der Waals surface area contributed by atoms with Crippen molar-refractivity contribution in [3.63, 3.8) is 0 Å². The van der Waals surface area contributed by atoms with Gasteiger partial charge in [0.15, 0.2) is 12.6 Å². The van der Waals surface area contributed by atoms with E-state index < -0.39 is 37.5 Å². The van der Waals surface area contributed by atoms with Crippen LogP contribution < -0.4 is 19.1 Å². The molecule has 58 heavy (non-hydrogen) atoms. The molecular weight excluding hydrogens is 764 g/mol. The Kier molecular flexibility index (Phi) is 11.1. The molecule has 6 heterocycles. The number of hydrogen-bond acceptors (Lipinski definition) is 10. The highest BCUT2D eigenvalue weighted by Gasteiger charge is 2.50. The molecule has 3 saturated heterocycles. The summed E-state index contributed by atoms with van der Waals surface area (Å²) in [5, 5.41) is 1.29. The van der Waals surface area contributed by atoms with E-state index in [1.807, 2.05) is 6.92 Å². The fourth-order valence-corrected chi connectivity index (χ4v) is 15.6. The Bertz CT molecular complexity index is 2260. The maximum Gasteiger partial charge on any atom is 0.319 e. The highest BCUT2D eigenvalue weighted by molar-refractivity contribution is 6.90. The number of fused-ring (bicyclic) bond motifs is 4. The molecule has 14 heteroatoms. The predicted octanol–water partition coefficient (Wildman–Crippen LogP) is 8.62. The molecule has 2 aromatic heterocycles. The van der Waals surface area contributed by atoms with Crippen molar-refractivity contribution in [1.82, 2.24) is 19.9 Å². The third-order valence-corrected chi connectivity index (χ3v) is 19.4. The zero-order valence-corrected chi connectivity index (χ0v) is 35.8. The number of halogens is 3. The topological polar surface area (TPSA) is 91.3 Å². The smallest absolute Gasteiger partial charge is 0.319 e. The van der Waals surface area contributed by atoms with Crippen LogP contribution in [0.5, 0.6) is 17.6 Å². The summed E-state index contributed by atoms with van der Waals surface area (Å²) >= 11 is 0. The van der Waals surface area contributed by atoms with Crippen molar-refractivity contribution in [1.29, 1.82) is 0 Å². The maximum absolute atomic E-state index is 17.8. The van der Waals surface area contributed by atoms with Gasteiger partial charge in [-0.1, -0.05) is 53.5 Å². The highest BCUT2D eigenvalue weighted by Crippen LogP contribution is 2.46. The Balaban J connectivity index is 1.37. The standard InChI is InChI=1S/C44H54F3N5O5Si/c1-25(2)58(26(3)4,27(5)6)17-12-32-34(46)11-10-29-18-31(56-24-53-8)19-33(36(29)32)39-38(47)40-37-41(52-15-16-54-22-35(52)28(7)57-42(37)48-39)50-43(49-40)55-23-44-13-9-14-51(44)21-30(45)20-44/h10-11,18-19,25-28,30,35H,9,13-16,20-24H2,1-8H3/t28-,30-,35+,44+/m1/s1. The van der Waals surface area contributed by atoms with Gasteiger partial charge in [0.25, 0.3) is 0 Å². The first-order valence-electron chi connectivity index (χ1n) is 20.6. The fraction of sp³-hybridized carbons (Fsp3) is 0.568. The van der Waals surface area contributed by atoms with Gasteiger partial charge >= 0.3 is 6.01 Å². The number of ether oxygens (including phenoxy) is 5. The van der Waals surface area contributed by atoms with Crippen LogP contribution in [-0.4, -0.2) is 105 Å². The SMILES string of the molecule is COCOc1cc(-c2nc3c4c(nc(OC[C@@]56CCCN5C[C@H](F)C6)nc4c2F)N2CCOC[C@H]2[C@@H](C)O3)c2c(C#C[Si](C(C)C)(C(C)C)C(C)C)c(F)ccc2c1. The second-order valence-corrected chi connectivity index (χ2v) is 22.9. The summed E-state index contributed by atoms with van der Waals surface area (Å²) in [5.41, 5.74) is 4.38. The van der Waals surface area contributed by atoms with E-state index in [0.717, 1.165) is 19.4 Å². The van der Waals surface area contributed by atoms with Gasteiger partial charge in [-0.25, -0.2) is 18.2 Å². The minimum atomic E-state index is -2.32. The third-order valence-electron chi connectivity index (χ3n) is 13.1. The van der Waals surface area contributed by atoms with Crippen molar-refractivity contribution < 1.29 is 36.9 Å². The van der Waals surface area contributed by atoms with E-state index in [2.05, 4.69) is 62.8 Å². The zero-order chi connectivity index (χ0) is 41.1. The number of nitrogens with zero attached hydrogens (tertiary/aromatic N) is 5. The summed E-state index contributed by atoms with van der Waals surface area (Å²) in [6.07, 6.45) is 0.726. The summed E-state index contributed by atoms with van der Waals surface area (Å²) in [6.45, 7) is 17.7. The predicted molar refractivity (Wildman–Crippen MR) is 221 cm³/mol. The number of pyridine rings is 1. The van der Waals surface area contributed by atoms with Gasteiger partial charge < -0.3 is 28.6 Å². The van der Waals surface area contributed by atoms with Crippen LogP contribution in [0.4, 0.5) is 19.0 Å². The van der Waals surface area contributed by atoms with Crippen LogP contribution in [0.1, 0.15) is 73.3 Å². The summed E-state index contributed by atoms with van der Waals surface area (Å²) in [5.74, 6) is 3.00. The van der Waals surface area contributed by atoms with Gasteiger partial charge in [0.1, 0.15) is 60.9 Å². The van der Waals surface area contributed by atoms with E-state index in [0.29, 0.717) is 77.1 Å². The average Bonchev–Trinajstić information content (AvgIpc) is 3.69. The Labute approximate surface area is 339 Å². The van der Waals surface area contributed by atoms with Crippen molar-refractivity contribution in [3.05, 3.63) is 41.5 Å². The largest absolute Gasteiger partial charge is 0.472 e. The molecule has 10 nitrogen and oxygen atoms in total. The molecule has 0 aliphatic carbocycles. The summed E-state index contributed by atoms with van der Waals surface area (Å²) < 4.78 is 78.9. The number of aromatic nitrogens is 3. The first kappa shape index (κ1) is 40.6. The van der Waals surface area contributed by atoms with E-state index in [-0.39, 0.29) is 53.7 Å². The van der Waals surface area contributed by atoms with Crippen molar-refractivity contribution in [2.45, 2.75) is 108 Å². The molecule has 0 unspecified atom stereocenters. The number of morpholine rings is 1. The Hall–Kier alpha value is -4.16. The zero-order valence-electron chi connectivity index (χ0n) is 34.8. The number of anilines is 1. The van der Waals surface area contributed by atoms with Crippen LogP contribution in [0.3, 0.4) is 0 Å². The lowest BCUT2D eigenvalue weighted by atomic mass is 9.95. The van der Waals surface area contributed by atoms with E-state index in [1.54, 1.807) is 18.2 Å². The molecule has 2 aromatic carbocycles. The van der Waals surface area contributed by atoms with Crippen LogP contribution in [0, 0.1) is 23.1 Å². The summed E-state index contributed by atoms with van der Waals surface area (Å²) in [7, 11) is -0.808. The monoisotopic (exact) mass is 817 g/mol. The van der Waals surface area contributed by atoms with Crippen LogP contribution in [0.25, 0.3) is 32.9 Å². The molecule has 4 aliphatic heterocycles. The minimum Gasteiger partial charge on any atom is -0.472 e. The Morgan fingerprint density at radius 2 is 1.78 bits per heavy atom. The molecule has 0 spiro atoms. The lowest BCUT2D eigenvalue weighted by molar-refractivity contribution is 0.0512. The van der Waals surface area contributed by atoms with Crippen molar-refractivity contribution in [2.75, 3.05) is 58.3 Å². The molecular formula is C44H54F3N5O5Si. The molecule has 0 amide bonds. The van der Waals surface area contributed by atoms with E-state index >= 15 is 8.78 Å². The van der Waals surface area contributed by atoms with Gasteiger partial charge in [-0.15, -0.1) is 5.54 Å². The Morgan fingerprint density at radius 1 is 1.00 bits per heavy atom. The number of methoxy groups -OCH3 is 1. The molecule has 4 aliphatic rings. The molecule has 8 rings (SSSR count). The second-order valence-electron chi connectivity index (χ2n) is 17.3. The number of rotatable bonds is 10. The van der Waals surface area contributed by atoms with Gasteiger partial charge in [-0.05, 0) is 66.5 Å². The van der Waals surface area contributed by atoms with Crippen molar-refractivity contribution >= 4 is 35.6 Å². The molecule has 4 aromatic rings. The van der Waals surface area contributed by atoms with Gasteiger partial charge in [0.05, 0.1) is 30.4 Å². The number of hydrogen-bond donors (Lipinski definition) is 0. The lowest BCUT2D eigenvalue weighted by Gasteiger charge is -2.38. The van der Waals surface area contributed by atoms with Crippen molar-refractivity contribution in [3.8, 4) is 40.4 Å². The van der Waals surface area contributed by atoms with Crippen LogP contribution in [-0.2, 0) is 9.47 Å². The summed E-state index contributed by atoms with van der Waals surface area (Å²) in [4.78, 5) is 18.8. The van der Waals surface area contributed by atoms with E-state index in [4.69, 9.17) is 38.6 Å². The Morgan fingerprint density at radius 3 is 2.52 bits per heavy atom. The molecule has 0 N–H and O–H groups in total. The maximum atomic E-state index is 17.8. The fourth-order valence-electron chi connectivity index (χ4n) is 10.4. The molecule has 4 atom stereocenters. The third kappa shape index (κ3) is 6.85. The molecule has 0 radical (unpaired) electrons. The lowest BCUT2D eigenvalue weighted by Crippen LogP contribution is -2.52. The molecule has 3 fully saturated rings. The number of benzene rings is 2. The van der Waals surface area contributed by atoms with Gasteiger partial charge in [-0.2, -0.15) is 9.97 Å². The highest BCUT2D eigenvalue weighted by atomic mass is 28.3. The van der Waals surface area contributed by atoms with Crippen molar-refractivity contribution in [2.24, 2.45) is 0 Å². The molecule has 0 saturated carbocycles. The van der Waals surface area contributed by atoms with Crippen LogP contribution in [0.15, 0.2) is 24.3 Å². The van der Waals surface area contributed by atoms with Gasteiger partial charge in [0, 0.05) is 37.6 Å². The quantitative estimate of drug-likeness (QED) is 0.0881. The normalized spacial score (nSPS) is 23.3. The first-order chi connectivity index (χ1) is 27.8. The molecule has 310 valence electrons. The average molecular weight is 818 g/mol. The van der Waals surface area contributed by atoms with E-state index in [1.165, 1.54) is 13.2 Å². The second kappa shape index (κ2) is 15.8. The number of alkyl halides is 1. The molecule has 0 bridgehead atoms. The van der Waals surface area contributed by atoms with Gasteiger partial charge in [-0.3, -0.25) is 4.90 Å². The van der Waals surface area contributed by atoms with Crippen LogP contribution in [0.2, 0.25) is 16.6 Å². The van der Waals surface area contributed by atoms with Crippen LogP contribution >= 0.6 is 0 Å². The summed E-state index contributed by atoms with van der Waals surface area (Å²) in [6, 6.07) is 6.17. The van der Waals surface area contributed by atoms with E-state index in [9.17, 15) is 4.39 Å².